The maximum Gasteiger partial charge on any atom is 0.345 e. The molecule has 0 spiro atoms. The zero-order chi connectivity index (χ0) is 12.6. The molecule has 1 heterocycles. The third-order valence-corrected chi connectivity index (χ3v) is 2.83. The number of thiophene rings is 1. The first-order valence-corrected chi connectivity index (χ1v) is 5.97. The normalized spacial score (nSPS) is 8.94. The Balaban J connectivity index is 0.000000281. The van der Waals surface area contributed by atoms with Gasteiger partial charge in [-0.3, -0.25) is 5.41 Å². The number of nitrogens with one attached hydrogen (secondary N) is 1. The van der Waals surface area contributed by atoms with Gasteiger partial charge in [-0.1, -0.05) is 6.07 Å². The number of hydrogen-bond acceptors (Lipinski definition) is 3. The Bertz CT molecular complexity index is 319. The molecule has 0 aliphatic carbocycles. The van der Waals surface area contributed by atoms with Gasteiger partial charge in [0, 0.05) is 13.1 Å². The maximum absolute atomic E-state index is 10.1. The largest absolute Gasteiger partial charge is 0.477 e. The van der Waals surface area contributed by atoms with Gasteiger partial charge in [0.05, 0.1) is 5.84 Å². The number of carbonyl (C=O) groups is 1. The van der Waals surface area contributed by atoms with Crippen LogP contribution in [0.5, 0.6) is 0 Å². The van der Waals surface area contributed by atoms with Crippen molar-refractivity contribution in [2.45, 2.75) is 20.8 Å². The van der Waals surface area contributed by atoms with Gasteiger partial charge in [0.25, 0.3) is 0 Å². The molecule has 0 amide bonds. The number of hydrogen-bond donors (Lipinski definition) is 2. The van der Waals surface area contributed by atoms with Crippen LogP contribution in [0.3, 0.4) is 0 Å². The van der Waals surface area contributed by atoms with Crippen LogP contribution in [0.25, 0.3) is 0 Å². The summed E-state index contributed by atoms with van der Waals surface area (Å²) in [6, 6.07) is 3.29. The van der Waals surface area contributed by atoms with E-state index in [-0.39, 0.29) is 0 Å². The zero-order valence-corrected chi connectivity index (χ0v) is 10.7. The third kappa shape index (κ3) is 5.50. The molecule has 2 N–H and O–H groups in total. The zero-order valence-electron chi connectivity index (χ0n) is 9.86. The summed E-state index contributed by atoms with van der Waals surface area (Å²) in [5.41, 5.74) is 0. The van der Waals surface area contributed by atoms with Crippen molar-refractivity contribution in [1.82, 2.24) is 4.90 Å². The molecule has 1 aromatic rings. The summed E-state index contributed by atoms with van der Waals surface area (Å²) in [5.74, 6) is -0.185. The van der Waals surface area contributed by atoms with Crippen LogP contribution in [0, 0.1) is 5.41 Å². The predicted octanol–water partition coefficient (Wildman–Crippen LogP) is 2.77. The van der Waals surface area contributed by atoms with Crippen LogP contribution in [0.4, 0.5) is 0 Å². The molecule has 0 atom stereocenters. The summed E-state index contributed by atoms with van der Waals surface area (Å²) < 4.78 is 0. The summed E-state index contributed by atoms with van der Waals surface area (Å²) in [6.45, 7) is 7.83. The van der Waals surface area contributed by atoms with Crippen LogP contribution in [0.1, 0.15) is 30.4 Å². The highest BCUT2D eigenvalue weighted by molar-refractivity contribution is 7.11. The van der Waals surface area contributed by atoms with Gasteiger partial charge in [0.1, 0.15) is 4.88 Å². The van der Waals surface area contributed by atoms with Crippen LogP contribution < -0.4 is 0 Å². The lowest BCUT2D eigenvalue weighted by Gasteiger charge is -2.17. The van der Waals surface area contributed by atoms with Crippen molar-refractivity contribution in [2.24, 2.45) is 0 Å². The summed E-state index contributed by atoms with van der Waals surface area (Å²) in [7, 11) is 0. The van der Waals surface area contributed by atoms with Gasteiger partial charge < -0.3 is 10.0 Å². The first kappa shape index (κ1) is 14.6. The Labute approximate surface area is 100 Å². The molecular weight excluding hydrogens is 224 g/mol. The van der Waals surface area contributed by atoms with Gasteiger partial charge >= 0.3 is 5.97 Å². The lowest BCUT2D eigenvalue weighted by Crippen LogP contribution is -2.27. The molecule has 0 saturated heterocycles. The molecule has 0 saturated carbocycles. The van der Waals surface area contributed by atoms with Gasteiger partial charge in [-0.25, -0.2) is 4.79 Å². The Hall–Kier alpha value is -1.36. The van der Waals surface area contributed by atoms with Crippen molar-refractivity contribution in [1.29, 1.82) is 5.41 Å². The van der Waals surface area contributed by atoms with Crippen LogP contribution in [-0.2, 0) is 0 Å². The first-order valence-electron chi connectivity index (χ1n) is 5.09. The van der Waals surface area contributed by atoms with Gasteiger partial charge in [-0.15, -0.1) is 11.3 Å². The highest BCUT2D eigenvalue weighted by atomic mass is 32.1. The van der Waals surface area contributed by atoms with Crippen molar-refractivity contribution >= 4 is 23.1 Å². The SMILES string of the molecule is CCN(CC)C(C)=N.O=C(O)c1cccs1. The molecule has 90 valence electrons. The monoisotopic (exact) mass is 242 g/mol. The van der Waals surface area contributed by atoms with E-state index in [1.165, 1.54) is 11.3 Å². The number of aromatic carboxylic acids is 1. The molecule has 0 bridgehead atoms. The minimum atomic E-state index is -0.847. The quantitative estimate of drug-likeness (QED) is 0.632. The Morgan fingerprint density at radius 1 is 1.50 bits per heavy atom. The van der Waals surface area contributed by atoms with Crippen molar-refractivity contribution in [2.75, 3.05) is 13.1 Å². The van der Waals surface area contributed by atoms with E-state index in [0.717, 1.165) is 13.1 Å². The van der Waals surface area contributed by atoms with E-state index < -0.39 is 5.97 Å². The van der Waals surface area contributed by atoms with Crippen molar-refractivity contribution < 1.29 is 9.90 Å². The number of amidine groups is 1. The van der Waals surface area contributed by atoms with E-state index in [1.807, 2.05) is 11.8 Å². The fourth-order valence-electron chi connectivity index (χ4n) is 1.10. The topological polar surface area (TPSA) is 64.4 Å². The minimum Gasteiger partial charge on any atom is -0.477 e. The van der Waals surface area contributed by atoms with E-state index in [1.54, 1.807) is 17.5 Å². The lowest BCUT2D eigenvalue weighted by atomic mass is 10.5. The van der Waals surface area contributed by atoms with Crippen LogP contribution >= 0.6 is 11.3 Å². The molecule has 4 nitrogen and oxygen atoms in total. The van der Waals surface area contributed by atoms with E-state index in [4.69, 9.17) is 10.5 Å². The Kier molecular flexibility index (Phi) is 7.20. The maximum atomic E-state index is 10.1. The van der Waals surface area contributed by atoms with Gasteiger partial charge in [-0.2, -0.15) is 0 Å². The lowest BCUT2D eigenvalue weighted by molar-refractivity contribution is 0.0702. The molecule has 1 aromatic heterocycles. The Morgan fingerprint density at radius 3 is 2.19 bits per heavy atom. The standard InChI is InChI=1S/C6H14N2.C5H4O2S/c1-4-8(5-2)6(3)7;6-5(7)4-2-1-3-8-4/h7H,4-5H2,1-3H3;1-3H,(H,6,7). The molecular formula is C11H18N2O2S. The van der Waals surface area contributed by atoms with Gasteiger partial charge in [0.2, 0.25) is 0 Å². The second-order valence-corrected chi connectivity index (χ2v) is 3.99. The minimum absolute atomic E-state index is 0.394. The predicted molar refractivity (Wildman–Crippen MR) is 67.6 cm³/mol. The second-order valence-electron chi connectivity index (χ2n) is 3.04. The number of rotatable bonds is 3. The molecule has 0 aromatic carbocycles. The molecule has 0 aliphatic heterocycles. The molecule has 1 rings (SSSR count). The highest BCUT2D eigenvalue weighted by Gasteiger charge is 1.99. The fourth-order valence-corrected chi connectivity index (χ4v) is 1.66. The smallest absolute Gasteiger partial charge is 0.345 e. The Morgan fingerprint density at radius 2 is 2.06 bits per heavy atom. The number of carboxylic acid groups (broad SMARTS) is 1. The van der Waals surface area contributed by atoms with Crippen LogP contribution in [-0.4, -0.2) is 34.9 Å². The fraction of sp³-hybridized carbons (Fsp3) is 0.455. The summed E-state index contributed by atoms with van der Waals surface area (Å²) >= 11 is 1.23. The molecule has 0 unspecified atom stereocenters. The van der Waals surface area contributed by atoms with E-state index >= 15 is 0 Å². The molecule has 0 radical (unpaired) electrons. The summed E-state index contributed by atoms with van der Waals surface area (Å²) in [4.78, 5) is 12.5. The molecule has 0 aliphatic rings. The highest BCUT2D eigenvalue weighted by Crippen LogP contribution is 2.06. The van der Waals surface area contributed by atoms with E-state index in [9.17, 15) is 4.79 Å². The number of nitrogens with zero attached hydrogens (tertiary/aromatic N) is 1. The first-order chi connectivity index (χ1) is 7.52. The average Bonchev–Trinajstić information content (AvgIpc) is 2.72. The summed E-state index contributed by atoms with van der Waals surface area (Å²) in [6.07, 6.45) is 0. The van der Waals surface area contributed by atoms with Crippen molar-refractivity contribution in [3.05, 3.63) is 22.4 Å². The van der Waals surface area contributed by atoms with Crippen LogP contribution in [0.2, 0.25) is 0 Å². The van der Waals surface area contributed by atoms with Gasteiger partial charge in [-0.05, 0) is 32.2 Å². The third-order valence-electron chi connectivity index (χ3n) is 1.97. The average molecular weight is 242 g/mol. The van der Waals surface area contributed by atoms with Gasteiger partial charge in [0.15, 0.2) is 0 Å². The number of carboxylic acids is 1. The molecule has 0 fully saturated rings. The summed E-state index contributed by atoms with van der Waals surface area (Å²) in [5, 5.41) is 17.2. The van der Waals surface area contributed by atoms with Crippen molar-refractivity contribution in [3.63, 3.8) is 0 Å². The van der Waals surface area contributed by atoms with E-state index in [0.29, 0.717) is 10.7 Å². The van der Waals surface area contributed by atoms with Crippen LogP contribution in [0.15, 0.2) is 17.5 Å². The second kappa shape index (κ2) is 7.87. The van der Waals surface area contributed by atoms with Crippen molar-refractivity contribution in [3.8, 4) is 0 Å². The molecule has 16 heavy (non-hydrogen) atoms. The van der Waals surface area contributed by atoms with E-state index in [2.05, 4.69) is 13.8 Å². The molecule has 5 heteroatoms.